The quantitative estimate of drug-likeness (QED) is 0.888. The van der Waals surface area contributed by atoms with E-state index in [9.17, 15) is 4.79 Å². The zero-order chi connectivity index (χ0) is 14.5. The fourth-order valence-corrected chi connectivity index (χ4v) is 2.82. The van der Waals surface area contributed by atoms with Crippen molar-refractivity contribution < 1.29 is 9.90 Å². The summed E-state index contributed by atoms with van der Waals surface area (Å²) in [7, 11) is 1.94. The largest absolute Gasteiger partial charge is 0.481 e. The molecular weight excluding hydrogens is 272 g/mol. The van der Waals surface area contributed by atoms with Gasteiger partial charge in [0.05, 0.1) is 17.1 Å². The highest BCUT2D eigenvalue weighted by molar-refractivity contribution is 7.09. The molecular formula is C15H18N2O2S. The Bertz CT molecular complexity index is 568. The van der Waals surface area contributed by atoms with Gasteiger partial charge in [-0.3, -0.25) is 9.69 Å². The van der Waals surface area contributed by atoms with Crippen molar-refractivity contribution in [2.45, 2.75) is 25.9 Å². The molecule has 1 atom stereocenters. The number of carbonyl (C=O) groups is 1. The Hall–Kier alpha value is -1.72. The molecule has 5 heteroatoms. The molecule has 0 bridgehead atoms. The SMILES string of the molecule is Cc1nc(CN(C)C(CC(=O)O)c2ccccc2)cs1. The van der Waals surface area contributed by atoms with Gasteiger partial charge in [-0.2, -0.15) is 0 Å². The molecule has 0 saturated heterocycles. The summed E-state index contributed by atoms with van der Waals surface area (Å²) in [6.07, 6.45) is 0.0869. The second-order valence-electron chi connectivity index (χ2n) is 4.80. The van der Waals surface area contributed by atoms with E-state index in [2.05, 4.69) is 4.98 Å². The number of carboxylic acid groups (broad SMARTS) is 1. The Morgan fingerprint density at radius 1 is 1.40 bits per heavy atom. The van der Waals surface area contributed by atoms with Crippen molar-refractivity contribution in [1.82, 2.24) is 9.88 Å². The Kier molecular flexibility index (Phi) is 4.87. The van der Waals surface area contributed by atoms with E-state index in [1.165, 1.54) is 0 Å². The number of aryl methyl sites for hydroxylation is 1. The van der Waals surface area contributed by atoms with E-state index in [4.69, 9.17) is 5.11 Å². The standard InChI is InChI=1S/C15H18N2O2S/c1-11-16-13(10-20-11)9-17(2)14(8-15(18)19)12-6-4-3-5-7-12/h3-7,10,14H,8-9H2,1-2H3,(H,18,19). The Labute approximate surface area is 122 Å². The van der Waals surface area contributed by atoms with E-state index in [0.717, 1.165) is 16.3 Å². The molecule has 0 radical (unpaired) electrons. The number of rotatable bonds is 6. The maximum absolute atomic E-state index is 11.1. The number of aliphatic carboxylic acids is 1. The van der Waals surface area contributed by atoms with Gasteiger partial charge in [-0.1, -0.05) is 30.3 Å². The smallest absolute Gasteiger partial charge is 0.305 e. The summed E-state index contributed by atoms with van der Waals surface area (Å²) in [6, 6.07) is 9.60. The van der Waals surface area contributed by atoms with Crippen LogP contribution in [-0.2, 0) is 11.3 Å². The topological polar surface area (TPSA) is 53.4 Å². The molecule has 0 spiro atoms. The molecule has 106 valence electrons. The van der Waals surface area contributed by atoms with Crippen LogP contribution in [0.2, 0.25) is 0 Å². The predicted molar refractivity (Wildman–Crippen MR) is 79.8 cm³/mol. The van der Waals surface area contributed by atoms with Crippen molar-refractivity contribution in [3.63, 3.8) is 0 Å². The molecule has 0 fully saturated rings. The lowest BCUT2D eigenvalue weighted by molar-refractivity contribution is -0.138. The molecule has 4 nitrogen and oxygen atoms in total. The van der Waals surface area contributed by atoms with Crippen molar-refractivity contribution >= 4 is 17.3 Å². The minimum Gasteiger partial charge on any atom is -0.481 e. The number of thiazole rings is 1. The zero-order valence-electron chi connectivity index (χ0n) is 11.6. The lowest BCUT2D eigenvalue weighted by Crippen LogP contribution is -2.26. The lowest BCUT2D eigenvalue weighted by Gasteiger charge is -2.26. The molecule has 20 heavy (non-hydrogen) atoms. The molecule has 1 aromatic carbocycles. The maximum Gasteiger partial charge on any atom is 0.305 e. The Morgan fingerprint density at radius 3 is 2.65 bits per heavy atom. The van der Waals surface area contributed by atoms with Gasteiger partial charge in [0.2, 0.25) is 0 Å². The summed E-state index contributed by atoms with van der Waals surface area (Å²) in [5, 5.41) is 12.2. The Morgan fingerprint density at radius 2 is 2.10 bits per heavy atom. The van der Waals surface area contributed by atoms with Crippen molar-refractivity contribution in [3.8, 4) is 0 Å². The van der Waals surface area contributed by atoms with Crippen LogP contribution in [0.5, 0.6) is 0 Å². The second-order valence-corrected chi connectivity index (χ2v) is 5.86. The lowest BCUT2D eigenvalue weighted by atomic mass is 10.0. The van der Waals surface area contributed by atoms with Crippen molar-refractivity contribution in [3.05, 3.63) is 52.0 Å². The van der Waals surface area contributed by atoms with Crippen LogP contribution in [0.3, 0.4) is 0 Å². The number of nitrogens with zero attached hydrogens (tertiary/aromatic N) is 2. The summed E-state index contributed by atoms with van der Waals surface area (Å²) < 4.78 is 0. The first kappa shape index (κ1) is 14.7. The highest BCUT2D eigenvalue weighted by Gasteiger charge is 2.20. The molecule has 1 unspecified atom stereocenters. The van der Waals surface area contributed by atoms with E-state index in [1.807, 2.05) is 54.6 Å². The summed E-state index contributed by atoms with van der Waals surface area (Å²) in [5.41, 5.74) is 2.01. The normalized spacial score (nSPS) is 12.6. The molecule has 0 saturated carbocycles. The van der Waals surface area contributed by atoms with Gasteiger partial charge in [0.1, 0.15) is 0 Å². The van der Waals surface area contributed by atoms with Gasteiger partial charge in [0, 0.05) is 18.0 Å². The van der Waals surface area contributed by atoms with Crippen molar-refractivity contribution in [2.24, 2.45) is 0 Å². The summed E-state index contributed by atoms with van der Waals surface area (Å²) in [6.45, 7) is 2.62. The van der Waals surface area contributed by atoms with Crippen LogP contribution in [0.4, 0.5) is 0 Å². The van der Waals surface area contributed by atoms with Crippen LogP contribution in [0.1, 0.15) is 28.7 Å². The van der Waals surface area contributed by atoms with Crippen molar-refractivity contribution in [1.29, 1.82) is 0 Å². The van der Waals surface area contributed by atoms with Gasteiger partial charge < -0.3 is 5.11 Å². The molecule has 0 amide bonds. The fourth-order valence-electron chi connectivity index (χ4n) is 2.22. The number of hydrogen-bond donors (Lipinski definition) is 1. The number of carboxylic acids is 1. The van der Waals surface area contributed by atoms with Crippen LogP contribution in [-0.4, -0.2) is 28.0 Å². The highest BCUT2D eigenvalue weighted by atomic mass is 32.1. The second kappa shape index (κ2) is 6.63. The third-order valence-electron chi connectivity index (χ3n) is 3.16. The van der Waals surface area contributed by atoms with Crippen LogP contribution in [0.25, 0.3) is 0 Å². The van der Waals surface area contributed by atoms with Gasteiger partial charge in [0.15, 0.2) is 0 Å². The first-order valence-electron chi connectivity index (χ1n) is 6.44. The zero-order valence-corrected chi connectivity index (χ0v) is 12.4. The first-order chi connectivity index (χ1) is 9.56. The van der Waals surface area contributed by atoms with Gasteiger partial charge in [-0.15, -0.1) is 11.3 Å². The molecule has 1 heterocycles. The number of aromatic nitrogens is 1. The van der Waals surface area contributed by atoms with Gasteiger partial charge in [0.25, 0.3) is 0 Å². The summed E-state index contributed by atoms with van der Waals surface area (Å²) >= 11 is 1.61. The fraction of sp³-hybridized carbons (Fsp3) is 0.333. The van der Waals surface area contributed by atoms with Crippen LogP contribution < -0.4 is 0 Å². The highest BCUT2D eigenvalue weighted by Crippen LogP contribution is 2.25. The monoisotopic (exact) mass is 290 g/mol. The van der Waals surface area contributed by atoms with E-state index >= 15 is 0 Å². The van der Waals surface area contributed by atoms with E-state index in [0.29, 0.717) is 6.54 Å². The molecule has 0 aliphatic carbocycles. The summed E-state index contributed by atoms with van der Waals surface area (Å²) in [4.78, 5) is 17.6. The minimum absolute atomic E-state index is 0.0869. The van der Waals surface area contributed by atoms with Crippen LogP contribution >= 0.6 is 11.3 Å². The van der Waals surface area contributed by atoms with E-state index < -0.39 is 5.97 Å². The van der Waals surface area contributed by atoms with Crippen molar-refractivity contribution in [2.75, 3.05) is 7.05 Å². The molecule has 2 rings (SSSR count). The average Bonchev–Trinajstić information content (AvgIpc) is 2.82. The molecule has 0 aliphatic heterocycles. The van der Waals surface area contributed by atoms with Gasteiger partial charge in [-0.05, 0) is 19.5 Å². The van der Waals surface area contributed by atoms with Crippen LogP contribution in [0.15, 0.2) is 35.7 Å². The first-order valence-corrected chi connectivity index (χ1v) is 7.32. The average molecular weight is 290 g/mol. The molecule has 1 N–H and O–H groups in total. The number of benzene rings is 1. The van der Waals surface area contributed by atoms with Gasteiger partial charge >= 0.3 is 5.97 Å². The van der Waals surface area contributed by atoms with Crippen LogP contribution in [0, 0.1) is 6.92 Å². The van der Waals surface area contributed by atoms with Gasteiger partial charge in [-0.25, -0.2) is 4.98 Å². The molecule has 2 aromatic rings. The van der Waals surface area contributed by atoms with E-state index in [-0.39, 0.29) is 12.5 Å². The predicted octanol–water partition coefficient (Wildman–Crippen LogP) is 3.10. The number of hydrogen-bond acceptors (Lipinski definition) is 4. The third-order valence-corrected chi connectivity index (χ3v) is 3.98. The summed E-state index contributed by atoms with van der Waals surface area (Å²) in [5.74, 6) is -0.792. The third kappa shape index (κ3) is 3.88. The molecule has 1 aromatic heterocycles. The Balaban J connectivity index is 2.15. The molecule has 0 aliphatic rings. The van der Waals surface area contributed by atoms with E-state index in [1.54, 1.807) is 11.3 Å². The maximum atomic E-state index is 11.1. The minimum atomic E-state index is -0.792.